The Morgan fingerprint density at radius 1 is 1.22 bits per heavy atom. The summed E-state index contributed by atoms with van der Waals surface area (Å²) < 4.78 is 10.8. The molecule has 4 rings (SSSR count). The molecule has 9 nitrogen and oxygen atoms in total. The molecule has 3 N–H and O–H groups in total. The summed E-state index contributed by atoms with van der Waals surface area (Å²) in [6.07, 6.45) is 5.78. The lowest BCUT2D eigenvalue weighted by Crippen LogP contribution is -2.56. The minimum Gasteiger partial charge on any atom is -0.467 e. The van der Waals surface area contributed by atoms with Crippen LogP contribution in [0, 0.1) is 5.92 Å². The number of esters is 1. The lowest BCUT2D eigenvalue weighted by Gasteiger charge is -2.34. The molecule has 194 valence electrons. The summed E-state index contributed by atoms with van der Waals surface area (Å²) in [5.74, 6) is -0.744. The third-order valence-electron chi connectivity index (χ3n) is 7.47. The molecule has 1 aliphatic carbocycles. The Kier molecular flexibility index (Phi) is 8.13. The van der Waals surface area contributed by atoms with Gasteiger partial charge in [-0.1, -0.05) is 50.1 Å². The van der Waals surface area contributed by atoms with Crippen molar-refractivity contribution >= 4 is 41.4 Å². The molecule has 0 radical (unpaired) electrons. The van der Waals surface area contributed by atoms with Crippen molar-refractivity contribution in [3.63, 3.8) is 0 Å². The molecule has 0 unspecified atom stereocenters. The number of hydrogen-bond acceptors (Lipinski definition) is 6. The first-order chi connectivity index (χ1) is 17.3. The Morgan fingerprint density at radius 2 is 1.97 bits per heavy atom. The topological polar surface area (TPSA) is 114 Å². The van der Waals surface area contributed by atoms with E-state index in [1.54, 1.807) is 11.0 Å². The number of likely N-dealkylation sites (tertiary alicyclic amines) is 1. The van der Waals surface area contributed by atoms with Crippen molar-refractivity contribution < 1.29 is 23.9 Å². The lowest BCUT2D eigenvalue weighted by molar-refractivity contribution is -0.152. The van der Waals surface area contributed by atoms with E-state index in [0.717, 1.165) is 48.8 Å². The van der Waals surface area contributed by atoms with E-state index in [2.05, 4.69) is 11.9 Å². The minimum atomic E-state index is -0.845. The molecule has 10 heteroatoms. The number of ether oxygens (including phenoxy) is 2. The minimum absolute atomic E-state index is 0.0446. The monoisotopic (exact) mass is 514 g/mol. The van der Waals surface area contributed by atoms with Crippen molar-refractivity contribution in [3.8, 4) is 0 Å². The van der Waals surface area contributed by atoms with Gasteiger partial charge in [-0.15, -0.1) is 0 Å². The number of nitrogens with one attached hydrogen (secondary N) is 1. The van der Waals surface area contributed by atoms with Crippen LogP contribution in [0.15, 0.2) is 24.8 Å². The number of carbonyl (C=O) groups excluding carboxylic acids is 3. The van der Waals surface area contributed by atoms with E-state index in [1.165, 1.54) is 12.0 Å². The molecule has 2 heterocycles. The van der Waals surface area contributed by atoms with E-state index in [4.69, 9.17) is 27.4 Å². The average molecular weight is 515 g/mol. The fourth-order valence-electron chi connectivity index (χ4n) is 5.65. The number of amides is 2. The fourth-order valence-corrected chi connectivity index (χ4v) is 5.78. The van der Waals surface area contributed by atoms with E-state index >= 15 is 0 Å². The summed E-state index contributed by atoms with van der Waals surface area (Å²) in [5, 5.41) is 3.01. The van der Waals surface area contributed by atoms with E-state index in [0.29, 0.717) is 13.1 Å². The number of rotatable bonds is 6. The lowest BCUT2D eigenvalue weighted by atomic mass is 9.83. The summed E-state index contributed by atoms with van der Waals surface area (Å²) in [6.45, 7) is 4.81. The molecule has 2 amide bonds. The number of carbonyl (C=O) groups is 3. The predicted octanol–water partition coefficient (Wildman–Crippen LogP) is 2.71. The maximum atomic E-state index is 13.7. The van der Waals surface area contributed by atoms with Crippen LogP contribution in [0.5, 0.6) is 0 Å². The van der Waals surface area contributed by atoms with Crippen LogP contribution in [0.4, 0.5) is 4.79 Å². The first-order valence-corrected chi connectivity index (χ1v) is 12.9. The maximum absolute atomic E-state index is 13.7. The summed E-state index contributed by atoms with van der Waals surface area (Å²) in [6, 6.07) is 4.42. The number of nitrogens with two attached hydrogens (primary N) is 1. The molecule has 3 atom stereocenters. The molecule has 1 aromatic carbocycles. The number of thiocarbonyl (C=S) groups is 1. The van der Waals surface area contributed by atoms with E-state index in [1.807, 2.05) is 18.2 Å². The Labute approximate surface area is 217 Å². The van der Waals surface area contributed by atoms with Crippen molar-refractivity contribution in [3.05, 3.63) is 41.5 Å². The van der Waals surface area contributed by atoms with Crippen molar-refractivity contribution in [2.24, 2.45) is 11.7 Å². The summed E-state index contributed by atoms with van der Waals surface area (Å²) in [7, 11) is 1.29. The molecule has 0 bridgehead atoms. The second-order valence-corrected chi connectivity index (χ2v) is 10.1. The Balaban J connectivity index is 1.46. The van der Waals surface area contributed by atoms with Crippen molar-refractivity contribution in [2.45, 2.75) is 69.8 Å². The summed E-state index contributed by atoms with van der Waals surface area (Å²) >= 11 is 5.05. The van der Waals surface area contributed by atoms with Gasteiger partial charge in [-0.3, -0.25) is 9.69 Å². The van der Waals surface area contributed by atoms with Gasteiger partial charge in [0.1, 0.15) is 18.2 Å². The number of fused-ring (bicyclic) bond motifs is 1. The molecule has 2 aliphatic heterocycles. The van der Waals surface area contributed by atoms with Crippen molar-refractivity contribution in [2.75, 3.05) is 13.7 Å². The highest BCUT2D eigenvalue weighted by atomic mass is 32.1. The van der Waals surface area contributed by atoms with Gasteiger partial charge < -0.3 is 25.4 Å². The van der Waals surface area contributed by atoms with Crippen molar-refractivity contribution in [1.82, 2.24) is 15.1 Å². The number of hydrogen-bond donors (Lipinski definition) is 2. The Morgan fingerprint density at radius 3 is 2.64 bits per heavy atom. The SMILES string of the molecule is C=Cc1cccc2c1CN(C(=O)O[C@@H]1C[C@@H](C(=O)OC)N(C(=O)[C@@H](NC(N)=S)C3CCCCC3)C1)C2. The highest BCUT2D eigenvalue weighted by molar-refractivity contribution is 7.80. The van der Waals surface area contributed by atoms with Crippen LogP contribution in [0.3, 0.4) is 0 Å². The highest BCUT2D eigenvalue weighted by Gasteiger charge is 2.46. The zero-order chi connectivity index (χ0) is 25.8. The van der Waals surface area contributed by atoms with Crippen LogP contribution < -0.4 is 11.1 Å². The molecule has 1 saturated heterocycles. The van der Waals surface area contributed by atoms with Gasteiger partial charge in [0, 0.05) is 13.0 Å². The highest BCUT2D eigenvalue weighted by Crippen LogP contribution is 2.31. The standard InChI is InChI=1S/C26H34N4O5S/c1-3-16-10-7-11-18-13-29(15-20(16)18)26(33)35-19-12-21(24(32)34-2)30(14-19)23(31)22(28-25(27)36)17-8-5-4-6-9-17/h3,7,10-11,17,19,21-22H,1,4-6,8-9,12-15H2,2H3,(H3,27,28,36)/t19-,21+,22+/m1/s1. The number of nitrogens with zero attached hydrogens (tertiary/aromatic N) is 2. The van der Waals surface area contributed by atoms with E-state index in [9.17, 15) is 14.4 Å². The van der Waals surface area contributed by atoms with Gasteiger partial charge in [-0.25, -0.2) is 9.59 Å². The molecule has 1 aromatic rings. The van der Waals surface area contributed by atoms with Gasteiger partial charge in [-0.2, -0.15) is 0 Å². The molecule has 2 fully saturated rings. The van der Waals surface area contributed by atoms with Crippen LogP contribution in [0.1, 0.15) is 55.2 Å². The third kappa shape index (κ3) is 5.48. The van der Waals surface area contributed by atoms with Crippen molar-refractivity contribution in [1.29, 1.82) is 0 Å². The predicted molar refractivity (Wildman–Crippen MR) is 138 cm³/mol. The molecular formula is C26H34N4O5S. The Hall–Kier alpha value is -3.14. The summed E-state index contributed by atoms with van der Waals surface area (Å²) in [4.78, 5) is 42.4. The van der Waals surface area contributed by atoms with Crippen LogP contribution in [-0.2, 0) is 32.2 Å². The fraction of sp³-hybridized carbons (Fsp3) is 0.538. The second kappa shape index (κ2) is 11.3. The molecule has 0 aromatic heterocycles. The van der Waals surface area contributed by atoms with Gasteiger partial charge in [0.05, 0.1) is 20.2 Å². The van der Waals surface area contributed by atoms with Crippen LogP contribution in [-0.4, -0.2) is 64.7 Å². The van der Waals surface area contributed by atoms with Crippen LogP contribution in [0.25, 0.3) is 6.08 Å². The molecule has 1 saturated carbocycles. The van der Waals surface area contributed by atoms with E-state index in [-0.39, 0.29) is 29.9 Å². The third-order valence-corrected chi connectivity index (χ3v) is 7.59. The van der Waals surface area contributed by atoms with Gasteiger partial charge in [0.2, 0.25) is 5.91 Å². The molecular weight excluding hydrogens is 480 g/mol. The van der Waals surface area contributed by atoms with Gasteiger partial charge >= 0.3 is 12.1 Å². The first kappa shape index (κ1) is 25.9. The summed E-state index contributed by atoms with van der Waals surface area (Å²) in [5.41, 5.74) is 8.85. The molecule has 0 spiro atoms. The van der Waals surface area contributed by atoms with Gasteiger partial charge in [-0.05, 0) is 47.7 Å². The largest absolute Gasteiger partial charge is 0.467 e. The maximum Gasteiger partial charge on any atom is 0.410 e. The van der Waals surface area contributed by atoms with Crippen LogP contribution >= 0.6 is 12.2 Å². The quantitative estimate of drug-likeness (QED) is 0.440. The molecule has 36 heavy (non-hydrogen) atoms. The molecule has 3 aliphatic rings. The zero-order valence-electron chi connectivity index (χ0n) is 20.6. The number of benzene rings is 1. The normalized spacial score (nSPS) is 22.5. The van der Waals surface area contributed by atoms with Gasteiger partial charge in [0.15, 0.2) is 5.11 Å². The van der Waals surface area contributed by atoms with Crippen LogP contribution in [0.2, 0.25) is 0 Å². The first-order valence-electron chi connectivity index (χ1n) is 12.5. The van der Waals surface area contributed by atoms with Gasteiger partial charge in [0.25, 0.3) is 0 Å². The van der Waals surface area contributed by atoms with E-state index < -0.39 is 30.3 Å². The number of methoxy groups -OCH3 is 1. The smallest absolute Gasteiger partial charge is 0.410 e. The average Bonchev–Trinajstić information content (AvgIpc) is 3.51. The zero-order valence-corrected chi connectivity index (χ0v) is 21.4. The second-order valence-electron chi connectivity index (χ2n) is 9.70. The Bertz CT molecular complexity index is 1040.